The Labute approximate surface area is 97.2 Å². The van der Waals surface area contributed by atoms with Gasteiger partial charge in [0.2, 0.25) is 0 Å². The fourth-order valence-corrected chi connectivity index (χ4v) is 3.38. The smallest absolute Gasteiger partial charge is 0.0941 e. The topological polar surface area (TPSA) is 12.9 Å². The highest BCUT2D eigenvalue weighted by Crippen LogP contribution is 2.29. The highest BCUT2D eigenvalue weighted by atomic mass is 32.1. The number of aromatic nitrogens is 1. The van der Waals surface area contributed by atoms with E-state index in [4.69, 9.17) is 0 Å². The van der Waals surface area contributed by atoms with Crippen molar-refractivity contribution in [2.75, 3.05) is 5.75 Å². The van der Waals surface area contributed by atoms with E-state index in [1.54, 1.807) is 22.7 Å². The number of thiazole rings is 1. The molecule has 0 saturated heterocycles. The molecule has 0 aliphatic heterocycles. The van der Waals surface area contributed by atoms with Crippen molar-refractivity contribution in [2.24, 2.45) is 0 Å². The predicted octanol–water partition coefficient (Wildman–Crippen LogP) is 3.65. The van der Waals surface area contributed by atoms with Gasteiger partial charge in [-0.3, -0.25) is 0 Å². The first-order chi connectivity index (χ1) is 6.81. The van der Waals surface area contributed by atoms with Crippen LogP contribution in [0.25, 0.3) is 10.6 Å². The molecule has 1 nitrogen and oxygen atoms in total. The Balaban J connectivity index is 2.29. The van der Waals surface area contributed by atoms with Gasteiger partial charge in [0, 0.05) is 11.8 Å². The van der Waals surface area contributed by atoms with Crippen LogP contribution in [0.3, 0.4) is 0 Å². The predicted molar refractivity (Wildman–Crippen MR) is 67.7 cm³/mol. The number of thiol groups is 1. The summed E-state index contributed by atoms with van der Waals surface area (Å²) in [5.41, 5.74) is 2.44. The van der Waals surface area contributed by atoms with E-state index in [-0.39, 0.29) is 0 Å². The lowest BCUT2D eigenvalue weighted by Crippen LogP contribution is -1.84. The number of nitrogens with zero attached hydrogens (tertiary/aromatic N) is 1. The van der Waals surface area contributed by atoms with E-state index < -0.39 is 0 Å². The molecule has 0 N–H and O–H groups in total. The van der Waals surface area contributed by atoms with Gasteiger partial charge in [-0.25, -0.2) is 4.98 Å². The molecule has 2 aromatic heterocycles. The summed E-state index contributed by atoms with van der Waals surface area (Å²) in [7, 11) is 0. The molecule has 14 heavy (non-hydrogen) atoms. The average Bonchev–Trinajstić information content (AvgIpc) is 2.74. The fourth-order valence-electron chi connectivity index (χ4n) is 1.26. The van der Waals surface area contributed by atoms with E-state index in [0.717, 1.165) is 17.9 Å². The molecule has 0 spiro atoms. The van der Waals surface area contributed by atoms with Crippen molar-refractivity contribution < 1.29 is 0 Å². The van der Waals surface area contributed by atoms with E-state index in [2.05, 4.69) is 41.4 Å². The summed E-state index contributed by atoms with van der Waals surface area (Å²) in [6, 6.07) is 2.14. The first kappa shape index (κ1) is 10.2. The second kappa shape index (κ2) is 4.47. The van der Waals surface area contributed by atoms with Gasteiger partial charge in [-0.15, -0.1) is 22.7 Å². The van der Waals surface area contributed by atoms with Crippen molar-refractivity contribution in [2.45, 2.75) is 13.3 Å². The Morgan fingerprint density at radius 2 is 2.29 bits per heavy atom. The van der Waals surface area contributed by atoms with Crippen LogP contribution in [0.4, 0.5) is 0 Å². The molecule has 2 rings (SSSR count). The average molecular weight is 241 g/mol. The molecule has 0 bridgehead atoms. The van der Waals surface area contributed by atoms with Crippen LogP contribution in [0.2, 0.25) is 0 Å². The van der Waals surface area contributed by atoms with E-state index in [0.29, 0.717) is 0 Å². The third-order valence-corrected chi connectivity index (χ3v) is 4.14. The molecular formula is C10H11NS3. The minimum Gasteiger partial charge on any atom is -0.240 e. The molecule has 0 amide bonds. The Morgan fingerprint density at radius 1 is 1.43 bits per heavy atom. The molecule has 0 atom stereocenters. The van der Waals surface area contributed by atoms with Crippen LogP contribution in [-0.2, 0) is 6.42 Å². The summed E-state index contributed by atoms with van der Waals surface area (Å²) in [6.07, 6.45) is 0.970. The lowest BCUT2D eigenvalue weighted by Gasteiger charge is -1.92. The van der Waals surface area contributed by atoms with Crippen molar-refractivity contribution in [1.29, 1.82) is 0 Å². The highest BCUT2D eigenvalue weighted by molar-refractivity contribution is 7.80. The minimum atomic E-state index is 0.871. The van der Waals surface area contributed by atoms with E-state index in [1.807, 2.05) is 0 Å². The highest BCUT2D eigenvalue weighted by Gasteiger charge is 2.07. The maximum atomic E-state index is 4.58. The quantitative estimate of drug-likeness (QED) is 0.809. The second-order valence-corrected chi connectivity index (χ2v) is 5.34. The van der Waals surface area contributed by atoms with Gasteiger partial charge in [0.15, 0.2) is 0 Å². The minimum absolute atomic E-state index is 0.871. The fraction of sp³-hybridized carbons (Fsp3) is 0.300. The molecule has 0 fully saturated rings. The monoisotopic (exact) mass is 241 g/mol. The van der Waals surface area contributed by atoms with E-state index in [1.165, 1.54) is 15.4 Å². The molecule has 2 aromatic rings. The summed E-state index contributed by atoms with van der Waals surface area (Å²) in [5.74, 6) is 0.871. The van der Waals surface area contributed by atoms with Crippen molar-refractivity contribution in [3.63, 3.8) is 0 Å². The van der Waals surface area contributed by atoms with Crippen molar-refractivity contribution in [1.82, 2.24) is 4.98 Å². The summed E-state index contributed by atoms with van der Waals surface area (Å²) >= 11 is 7.69. The van der Waals surface area contributed by atoms with Crippen LogP contribution < -0.4 is 0 Å². The van der Waals surface area contributed by atoms with Crippen LogP contribution in [0.1, 0.15) is 10.6 Å². The number of hydrogen-bond acceptors (Lipinski definition) is 4. The number of thiophene rings is 1. The Bertz CT molecular complexity index is 416. The van der Waals surface area contributed by atoms with Gasteiger partial charge < -0.3 is 0 Å². The van der Waals surface area contributed by atoms with E-state index >= 15 is 0 Å². The van der Waals surface area contributed by atoms with Gasteiger partial charge in [0.05, 0.1) is 15.6 Å². The molecule has 0 saturated carbocycles. The van der Waals surface area contributed by atoms with Crippen molar-refractivity contribution in [3.8, 4) is 10.6 Å². The third kappa shape index (κ3) is 2.02. The molecule has 0 aliphatic rings. The Hall–Kier alpha value is -0.320. The van der Waals surface area contributed by atoms with E-state index in [9.17, 15) is 0 Å². The third-order valence-electron chi connectivity index (χ3n) is 1.97. The van der Waals surface area contributed by atoms with Crippen molar-refractivity contribution in [3.05, 3.63) is 27.4 Å². The first-order valence-corrected chi connectivity index (χ1v) is 6.80. The maximum absolute atomic E-state index is 4.58. The molecule has 4 heteroatoms. The van der Waals surface area contributed by atoms with Gasteiger partial charge in [-0.2, -0.15) is 12.6 Å². The standard InChI is InChI=1S/C10H11NS3/c1-7-3-5-13-10(7)8-6-14-9(11-8)2-4-12/h3,5-6,12H,2,4H2,1H3. The first-order valence-electron chi connectivity index (χ1n) is 4.41. The van der Waals surface area contributed by atoms with Gasteiger partial charge >= 0.3 is 0 Å². The van der Waals surface area contributed by atoms with Gasteiger partial charge in [0.1, 0.15) is 0 Å². The normalized spacial score (nSPS) is 10.7. The molecule has 0 unspecified atom stereocenters. The molecule has 0 radical (unpaired) electrons. The number of hydrogen-bond donors (Lipinski definition) is 1. The molecule has 2 heterocycles. The summed E-state index contributed by atoms with van der Waals surface area (Å²) in [5, 5.41) is 5.43. The SMILES string of the molecule is Cc1ccsc1-c1csc(CCS)n1. The summed E-state index contributed by atoms with van der Waals surface area (Å²) in [4.78, 5) is 5.88. The van der Waals surface area contributed by atoms with Gasteiger partial charge in [-0.05, 0) is 29.7 Å². The number of rotatable bonds is 3. The lowest BCUT2D eigenvalue weighted by molar-refractivity contribution is 1.11. The zero-order valence-corrected chi connectivity index (χ0v) is 10.4. The van der Waals surface area contributed by atoms with Crippen LogP contribution >= 0.6 is 35.3 Å². The largest absolute Gasteiger partial charge is 0.240 e. The van der Waals surface area contributed by atoms with Gasteiger partial charge in [-0.1, -0.05) is 0 Å². The van der Waals surface area contributed by atoms with Crippen molar-refractivity contribution >= 4 is 35.3 Å². The van der Waals surface area contributed by atoms with Crippen LogP contribution in [0, 0.1) is 6.92 Å². The van der Waals surface area contributed by atoms with Crippen LogP contribution in [-0.4, -0.2) is 10.7 Å². The summed E-state index contributed by atoms with van der Waals surface area (Å²) < 4.78 is 0. The zero-order valence-electron chi connectivity index (χ0n) is 7.86. The number of aryl methyl sites for hydroxylation is 2. The molecule has 74 valence electrons. The zero-order chi connectivity index (χ0) is 9.97. The lowest BCUT2D eigenvalue weighted by atomic mass is 10.2. The van der Waals surface area contributed by atoms with Crippen LogP contribution in [0.5, 0.6) is 0 Å². The van der Waals surface area contributed by atoms with Crippen LogP contribution in [0.15, 0.2) is 16.8 Å². The Morgan fingerprint density at radius 3 is 2.93 bits per heavy atom. The van der Waals surface area contributed by atoms with Gasteiger partial charge in [0.25, 0.3) is 0 Å². The Kier molecular flexibility index (Phi) is 3.26. The summed E-state index contributed by atoms with van der Waals surface area (Å²) in [6.45, 7) is 2.13. The maximum Gasteiger partial charge on any atom is 0.0941 e. The molecule has 0 aromatic carbocycles. The molecular weight excluding hydrogens is 230 g/mol. The molecule has 0 aliphatic carbocycles. The second-order valence-electron chi connectivity index (χ2n) is 3.03.